The monoisotopic (exact) mass is 241 g/mol. The summed E-state index contributed by atoms with van der Waals surface area (Å²) in [5, 5.41) is 13.7. The van der Waals surface area contributed by atoms with Gasteiger partial charge in [-0.3, -0.25) is 0 Å². The third-order valence-corrected chi connectivity index (χ3v) is 3.61. The zero-order valence-corrected chi connectivity index (χ0v) is 9.84. The molecule has 0 amide bonds. The van der Waals surface area contributed by atoms with Gasteiger partial charge in [0.2, 0.25) is 0 Å². The van der Waals surface area contributed by atoms with E-state index in [0.717, 1.165) is 12.1 Å². The SMILES string of the molecule is CC1CNCCC1(O)Cc1cc(F)ccc1F. The average Bonchev–Trinajstić information content (AvgIpc) is 2.28. The maximum Gasteiger partial charge on any atom is 0.126 e. The van der Waals surface area contributed by atoms with Gasteiger partial charge in [0, 0.05) is 13.0 Å². The standard InChI is InChI=1S/C13H17F2NO/c1-9-8-16-5-4-13(9,17)7-10-6-11(14)2-3-12(10)15/h2-3,6,9,16-17H,4-5,7-8H2,1H3. The maximum atomic E-state index is 13.5. The summed E-state index contributed by atoms with van der Waals surface area (Å²) in [4.78, 5) is 0. The molecule has 1 fully saturated rings. The van der Waals surface area contributed by atoms with E-state index in [4.69, 9.17) is 0 Å². The minimum atomic E-state index is -0.945. The van der Waals surface area contributed by atoms with Crippen LogP contribution in [-0.4, -0.2) is 23.8 Å². The highest BCUT2D eigenvalue weighted by molar-refractivity contribution is 5.21. The van der Waals surface area contributed by atoms with Crippen molar-refractivity contribution < 1.29 is 13.9 Å². The van der Waals surface area contributed by atoms with Crippen LogP contribution in [0.25, 0.3) is 0 Å². The molecule has 0 aliphatic carbocycles. The Morgan fingerprint density at radius 2 is 2.24 bits per heavy atom. The van der Waals surface area contributed by atoms with Crippen LogP contribution in [-0.2, 0) is 6.42 Å². The number of benzene rings is 1. The number of hydrogen-bond acceptors (Lipinski definition) is 2. The molecule has 1 saturated heterocycles. The molecule has 0 saturated carbocycles. The molecule has 17 heavy (non-hydrogen) atoms. The van der Waals surface area contributed by atoms with Crippen LogP contribution >= 0.6 is 0 Å². The summed E-state index contributed by atoms with van der Waals surface area (Å²) < 4.78 is 26.6. The second-order valence-corrected chi connectivity index (χ2v) is 4.87. The number of nitrogens with one attached hydrogen (secondary N) is 1. The van der Waals surface area contributed by atoms with E-state index in [1.54, 1.807) is 0 Å². The summed E-state index contributed by atoms with van der Waals surface area (Å²) in [5.41, 5.74) is -0.693. The van der Waals surface area contributed by atoms with Gasteiger partial charge in [0.15, 0.2) is 0 Å². The summed E-state index contributed by atoms with van der Waals surface area (Å²) >= 11 is 0. The quantitative estimate of drug-likeness (QED) is 0.828. The molecule has 1 aromatic carbocycles. The van der Waals surface area contributed by atoms with Gasteiger partial charge in [0.1, 0.15) is 11.6 Å². The Balaban J connectivity index is 2.21. The van der Waals surface area contributed by atoms with Crippen LogP contribution in [0.15, 0.2) is 18.2 Å². The topological polar surface area (TPSA) is 32.3 Å². The lowest BCUT2D eigenvalue weighted by Gasteiger charge is -2.38. The zero-order valence-electron chi connectivity index (χ0n) is 9.84. The Bertz CT molecular complexity index is 410. The molecule has 94 valence electrons. The van der Waals surface area contributed by atoms with Crippen LogP contribution in [0.1, 0.15) is 18.9 Å². The average molecular weight is 241 g/mol. The lowest BCUT2D eigenvalue weighted by Crippen LogP contribution is -2.50. The highest BCUT2D eigenvalue weighted by Crippen LogP contribution is 2.29. The molecule has 2 N–H and O–H groups in total. The first-order chi connectivity index (χ1) is 8.01. The van der Waals surface area contributed by atoms with Crippen LogP contribution in [0.2, 0.25) is 0 Å². The van der Waals surface area contributed by atoms with Gasteiger partial charge in [-0.15, -0.1) is 0 Å². The number of rotatable bonds is 2. The molecular weight excluding hydrogens is 224 g/mol. The Morgan fingerprint density at radius 1 is 1.47 bits per heavy atom. The summed E-state index contributed by atoms with van der Waals surface area (Å²) in [7, 11) is 0. The smallest absolute Gasteiger partial charge is 0.126 e. The highest BCUT2D eigenvalue weighted by Gasteiger charge is 2.36. The van der Waals surface area contributed by atoms with E-state index in [1.165, 1.54) is 6.07 Å². The van der Waals surface area contributed by atoms with Gasteiger partial charge in [0.25, 0.3) is 0 Å². The van der Waals surface area contributed by atoms with Crippen molar-refractivity contribution in [2.45, 2.75) is 25.4 Å². The second kappa shape index (κ2) is 4.70. The Kier molecular flexibility index (Phi) is 3.45. The molecular formula is C13H17F2NO. The highest BCUT2D eigenvalue weighted by atomic mass is 19.1. The van der Waals surface area contributed by atoms with Crippen LogP contribution in [0, 0.1) is 17.6 Å². The Labute approximate surface area is 99.7 Å². The van der Waals surface area contributed by atoms with Gasteiger partial charge >= 0.3 is 0 Å². The van der Waals surface area contributed by atoms with Crippen molar-refractivity contribution in [3.8, 4) is 0 Å². The van der Waals surface area contributed by atoms with E-state index in [9.17, 15) is 13.9 Å². The van der Waals surface area contributed by atoms with Gasteiger partial charge in [0.05, 0.1) is 5.60 Å². The molecule has 2 unspecified atom stereocenters. The summed E-state index contributed by atoms with van der Waals surface area (Å²) in [6, 6.07) is 3.37. The van der Waals surface area contributed by atoms with Crippen LogP contribution < -0.4 is 5.32 Å². The molecule has 1 aromatic rings. The fraction of sp³-hybridized carbons (Fsp3) is 0.538. The van der Waals surface area contributed by atoms with Crippen molar-refractivity contribution in [2.75, 3.05) is 13.1 Å². The second-order valence-electron chi connectivity index (χ2n) is 4.87. The predicted molar refractivity (Wildman–Crippen MR) is 61.7 cm³/mol. The van der Waals surface area contributed by atoms with Gasteiger partial charge in [-0.25, -0.2) is 8.78 Å². The molecule has 1 aliphatic heterocycles. The first kappa shape index (κ1) is 12.5. The number of halogens is 2. The number of aliphatic hydroxyl groups is 1. The van der Waals surface area contributed by atoms with Crippen LogP contribution in [0.3, 0.4) is 0 Å². The Hall–Kier alpha value is -1.00. The van der Waals surface area contributed by atoms with E-state index in [0.29, 0.717) is 19.5 Å². The van der Waals surface area contributed by atoms with Crippen LogP contribution in [0.5, 0.6) is 0 Å². The summed E-state index contributed by atoms with van der Waals surface area (Å²) in [6.07, 6.45) is 0.726. The van der Waals surface area contributed by atoms with E-state index in [2.05, 4.69) is 5.32 Å². The Morgan fingerprint density at radius 3 is 2.94 bits per heavy atom. The maximum absolute atomic E-state index is 13.5. The fourth-order valence-corrected chi connectivity index (χ4v) is 2.33. The molecule has 1 aliphatic rings. The van der Waals surface area contributed by atoms with E-state index in [-0.39, 0.29) is 17.9 Å². The van der Waals surface area contributed by atoms with Crippen molar-refractivity contribution in [3.63, 3.8) is 0 Å². The van der Waals surface area contributed by atoms with Crippen LogP contribution in [0.4, 0.5) is 8.78 Å². The molecule has 0 aromatic heterocycles. The zero-order chi connectivity index (χ0) is 12.5. The summed E-state index contributed by atoms with van der Waals surface area (Å²) in [6.45, 7) is 3.33. The number of hydrogen-bond donors (Lipinski definition) is 2. The molecule has 4 heteroatoms. The third-order valence-electron chi connectivity index (χ3n) is 3.61. The van der Waals surface area contributed by atoms with E-state index < -0.39 is 17.2 Å². The van der Waals surface area contributed by atoms with Gasteiger partial charge in [-0.05, 0) is 42.6 Å². The molecule has 1 heterocycles. The first-order valence-electron chi connectivity index (χ1n) is 5.88. The molecule has 2 rings (SSSR count). The molecule has 0 radical (unpaired) electrons. The number of piperidine rings is 1. The minimum Gasteiger partial charge on any atom is -0.389 e. The van der Waals surface area contributed by atoms with Gasteiger partial charge in [-0.1, -0.05) is 6.92 Å². The lowest BCUT2D eigenvalue weighted by molar-refractivity contribution is -0.0335. The van der Waals surface area contributed by atoms with E-state index in [1.807, 2.05) is 6.92 Å². The largest absolute Gasteiger partial charge is 0.389 e. The predicted octanol–water partition coefficient (Wildman–Crippen LogP) is 1.87. The van der Waals surface area contributed by atoms with Crippen molar-refractivity contribution >= 4 is 0 Å². The fourth-order valence-electron chi connectivity index (χ4n) is 2.33. The van der Waals surface area contributed by atoms with Gasteiger partial charge in [-0.2, -0.15) is 0 Å². The molecule has 2 atom stereocenters. The molecule has 0 bridgehead atoms. The van der Waals surface area contributed by atoms with Crippen molar-refractivity contribution in [3.05, 3.63) is 35.4 Å². The van der Waals surface area contributed by atoms with E-state index >= 15 is 0 Å². The first-order valence-corrected chi connectivity index (χ1v) is 5.88. The molecule has 0 spiro atoms. The van der Waals surface area contributed by atoms with Gasteiger partial charge < -0.3 is 10.4 Å². The van der Waals surface area contributed by atoms with Crippen molar-refractivity contribution in [1.82, 2.24) is 5.32 Å². The molecule has 2 nitrogen and oxygen atoms in total. The third kappa shape index (κ3) is 2.64. The normalized spacial score (nSPS) is 29.3. The minimum absolute atomic E-state index is 0.0268. The lowest BCUT2D eigenvalue weighted by atomic mass is 9.78. The summed E-state index contributed by atoms with van der Waals surface area (Å²) in [5.74, 6) is -0.893. The van der Waals surface area contributed by atoms with Crippen molar-refractivity contribution in [2.24, 2.45) is 5.92 Å². The van der Waals surface area contributed by atoms with Crippen molar-refractivity contribution in [1.29, 1.82) is 0 Å².